The molecule has 0 spiro atoms. The van der Waals surface area contributed by atoms with Crippen molar-refractivity contribution in [2.45, 2.75) is 46.1 Å². The zero-order valence-electron chi connectivity index (χ0n) is 23.2. The maximum absolute atomic E-state index is 12.3. The van der Waals surface area contributed by atoms with Crippen molar-refractivity contribution in [1.29, 1.82) is 0 Å². The summed E-state index contributed by atoms with van der Waals surface area (Å²) in [4.78, 5) is 24.5. The number of hydrogen-bond acceptors (Lipinski definition) is 7. The largest absolute Gasteiger partial charge is 0.374 e. The first-order chi connectivity index (χ1) is 18.1. The van der Waals surface area contributed by atoms with Crippen LogP contribution in [0.15, 0.2) is 53.6 Å². The molecule has 0 aliphatic rings. The Morgan fingerprint density at radius 3 is 2.63 bits per heavy atom. The molecule has 1 atom stereocenters. The molecule has 3 aromatic heterocycles. The van der Waals surface area contributed by atoms with Crippen LogP contribution in [0.1, 0.15) is 48.4 Å². The van der Waals surface area contributed by atoms with E-state index in [1.54, 1.807) is 12.4 Å². The number of aliphatic hydroxyl groups is 1. The molecule has 3 heterocycles. The average Bonchev–Trinajstić information content (AvgIpc) is 3.31. The number of aromatic amines is 1. The van der Waals surface area contributed by atoms with Crippen LogP contribution in [0.25, 0.3) is 22.3 Å². The zero-order valence-corrected chi connectivity index (χ0v) is 23.2. The monoisotopic (exact) mass is 517 g/mol. The van der Waals surface area contributed by atoms with Gasteiger partial charge in [0.25, 0.3) is 5.56 Å². The molecule has 4 aromatic rings. The highest BCUT2D eigenvalue weighted by Crippen LogP contribution is 2.30. The fourth-order valence-corrected chi connectivity index (χ4v) is 4.52. The summed E-state index contributed by atoms with van der Waals surface area (Å²) < 4.78 is 1.87. The minimum Gasteiger partial charge on any atom is -0.374 e. The van der Waals surface area contributed by atoms with Crippen LogP contribution >= 0.6 is 0 Å². The molecule has 9 nitrogen and oxygen atoms in total. The Morgan fingerprint density at radius 2 is 1.92 bits per heavy atom. The van der Waals surface area contributed by atoms with Crippen LogP contribution in [0.2, 0.25) is 0 Å². The highest BCUT2D eigenvalue weighted by atomic mass is 16.3. The summed E-state index contributed by atoms with van der Waals surface area (Å²) in [5.41, 5.74) is 5.64. The van der Waals surface area contributed by atoms with Crippen LogP contribution < -0.4 is 10.9 Å². The van der Waals surface area contributed by atoms with Gasteiger partial charge in [-0.3, -0.25) is 10.1 Å². The van der Waals surface area contributed by atoms with Gasteiger partial charge in [-0.1, -0.05) is 18.2 Å². The van der Waals surface area contributed by atoms with E-state index in [0.29, 0.717) is 11.1 Å². The summed E-state index contributed by atoms with van der Waals surface area (Å²) in [5.74, 6) is 0. The van der Waals surface area contributed by atoms with E-state index in [-0.39, 0.29) is 18.1 Å². The Morgan fingerprint density at radius 1 is 1.13 bits per heavy atom. The lowest BCUT2D eigenvalue weighted by molar-refractivity contribution is 0.138. The summed E-state index contributed by atoms with van der Waals surface area (Å²) in [5, 5.41) is 19.7. The third kappa shape index (κ3) is 6.36. The first-order valence-corrected chi connectivity index (χ1v) is 13.0. The van der Waals surface area contributed by atoms with E-state index in [4.69, 9.17) is 4.98 Å². The molecule has 202 valence electrons. The van der Waals surface area contributed by atoms with Crippen LogP contribution in [-0.2, 0) is 13.1 Å². The summed E-state index contributed by atoms with van der Waals surface area (Å²) >= 11 is 0. The number of nitrogens with one attached hydrogen (secondary N) is 2. The van der Waals surface area contributed by atoms with E-state index >= 15 is 0 Å². The number of pyridine rings is 2. The van der Waals surface area contributed by atoms with Gasteiger partial charge in [-0.15, -0.1) is 0 Å². The topological polar surface area (TPSA) is 102 Å². The molecule has 0 amide bonds. The number of hydrogen-bond donors (Lipinski definition) is 3. The van der Waals surface area contributed by atoms with Gasteiger partial charge in [0.2, 0.25) is 0 Å². The van der Waals surface area contributed by atoms with Crippen LogP contribution in [-0.4, -0.2) is 68.9 Å². The molecule has 9 heteroatoms. The van der Waals surface area contributed by atoms with Crippen molar-refractivity contribution >= 4 is 11.0 Å². The van der Waals surface area contributed by atoms with E-state index < -0.39 is 6.23 Å². The van der Waals surface area contributed by atoms with Crippen LogP contribution in [0, 0.1) is 6.92 Å². The highest BCUT2D eigenvalue weighted by Gasteiger charge is 2.19. The van der Waals surface area contributed by atoms with E-state index in [1.165, 1.54) is 5.56 Å². The normalized spacial score (nSPS) is 12.8. The van der Waals surface area contributed by atoms with Gasteiger partial charge in [-0.05, 0) is 71.2 Å². The second kappa shape index (κ2) is 12.0. The fraction of sp³-hybridized carbons (Fsp3) is 0.414. The Kier molecular flexibility index (Phi) is 8.73. The first kappa shape index (κ1) is 27.7. The van der Waals surface area contributed by atoms with Crippen LogP contribution in [0.3, 0.4) is 0 Å². The summed E-state index contributed by atoms with van der Waals surface area (Å²) in [7, 11) is 6.29. The molecule has 38 heavy (non-hydrogen) atoms. The molecule has 0 radical (unpaired) electrons. The third-order valence-electron chi connectivity index (χ3n) is 6.76. The molecule has 0 bridgehead atoms. The van der Waals surface area contributed by atoms with Crippen molar-refractivity contribution in [3.05, 3.63) is 81.4 Å². The smallest absolute Gasteiger partial charge is 0.252 e. The minimum atomic E-state index is -1.01. The van der Waals surface area contributed by atoms with Gasteiger partial charge >= 0.3 is 0 Å². The van der Waals surface area contributed by atoms with Crippen molar-refractivity contribution in [3.8, 4) is 11.3 Å². The minimum absolute atomic E-state index is 0.107. The fourth-order valence-electron chi connectivity index (χ4n) is 4.52. The summed E-state index contributed by atoms with van der Waals surface area (Å²) in [6, 6.07) is 12.3. The molecular weight excluding hydrogens is 478 g/mol. The average molecular weight is 518 g/mol. The molecule has 0 aliphatic heterocycles. The Hall–Kier alpha value is -3.37. The van der Waals surface area contributed by atoms with Crippen LogP contribution in [0.5, 0.6) is 0 Å². The lowest BCUT2D eigenvalue weighted by Crippen LogP contribution is -2.28. The number of aliphatic hydroxyl groups excluding tert-OH is 1. The number of aromatic nitrogens is 4. The third-order valence-corrected chi connectivity index (χ3v) is 6.76. The number of rotatable bonds is 11. The van der Waals surface area contributed by atoms with Crippen molar-refractivity contribution in [3.63, 3.8) is 0 Å². The van der Waals surface area contributed by atoms with Gasteiger partial charge in [-0.25, -0.2) is 9.67 Å². The summed E-state index contributed by atoms with van der Waals surface area (Å²) in [6.45, 7) is 9.04. The molecule has 1 aromatic carbocycles. The second-order valence-corrected chi connectivity index (χ2v) is 10.5. The zero-order chi connectivity index (χ0) is 27.4. The molecular formula is C29H39N7O2. The summed E-state index contributed by atoms with van der Waals surface area (Å²) in [6.07, 6.45) is 2.37. The number of nitrogens with zero attached hydrogens (tertiary/aromatic N) is 5. The molecule has 0 saturated carbocycles. The molecule has 0 saturated heterocycles. The van der Waals surface area contributed by atoms with Crippen molar-refractivity contribution < 1.29 is 5.11 Å². The number of aryl methyl sites for hydroxylation is 1. The number of likely N-dealkylation sites (N-methyl/N-ethyl adjacent to an activating group) is 2. The quantitative estimate of drug-likeness (QED) is 0.262. The van der Waals surface area contributed by atoms with Gasteiger partial charge < -0.3 is 19.9 Å². The standard InChI is InChI=1S/C29H39N7O2/c1-19(2)36-27-25(17-32-36)23(28(37)31-16-24-20(3)10-11-30-29(24)38)15-26(33-27)22-9-7-8-21(14-22)18-35(6)13-12-34(4)5/h7-11,14-15,17,19,28,31,37H,12-13,16,18H2,1-6H3,(H,30,38). The van der Waals surface area contributed by atoms with Crippen molar-refractivity contribution in [2.24, 2.45) is 0 Å². The van der Waals surface area contributed by atoms with E-state index in [1.807, 2.05) is 29.8 Å². The number of benzene rings is 1. The predicted octanol–water partition coefficient (Wildman–Crippen LogP) is 3.45. The van der Waals surface area contributed by atoms with Crippen molar-refractivity contribution in [1.82, 2.24) is 34.9 Å². The lowest BCUT2D eigenvalue weighted by atomic mass is 10.0. The Balaban J connectivity index is 1.68. The van der Waals surface area contributed by atoms with Gasteiger partial charge in [0.15, 0.2) is 5.65 Å². The molecule has 3 N–H and O–H groups in total. The van der Waals surface area contributed by atoms with E-state index in [9.17, 15) is 9.90 Å². The molecule has 0 aliphatic carbocycles. The van der Waals surface area contributed by atoms with Crippen molar-refractivity contribution in [2.75, 3.05) is 34.2 Å². The highest BCUT2D eigenvalue weighted by molar-refractivity contribution is 5.83. The molecule has 0 fully saturated rings. The second-order valence-electron chi connectivity index (χ2n) is 10.5. The maximum atomic E-state index is 12.3. The Labute approximate surface area is 224 Å². The SMILES string of the molecule is Cc1cc[nH]c(=O)c1CNC(O)c1cc(-c2cccc(CN(C)CCN(C)C)c2)nc2c1cnn2C(C)C. The van der Waals surface area contributed by atoms with Gasteiger partial charge in [0, 0.05) is 60.5 Å². The van der Waals surface area contributed by atoms with Crippen LogP contribution in [0.4, 0.5) is 0 Å². The molecule has 4 rings (SSSR count). The molecule has 1 unspecified atom stereocenters. The Bertz CT molecular complexity index is 1440. The van der Waals surface area contributed by atoms with Gasteiger partial charge in [0.05, 0.1) is 11.9 Å². The number of fused-ring (bicyclic) bond motifs is 1. The lowest BCUT2D eigenvalue weighted by Gasteiger charge is -2.20. The predicted molar refractivity (Wildman–Crippen MR) is 152 cm³/mol. The first-order valence-electron chi connectivity index (χ1n) is 13.0. The maximum Gasteiger partial charge on any atom is 0.252 e. The van der Waals surface area contributed by atoms with E-state index in [0.717, 1.165) is 47.5 Å². The van der Waals surface area contributed by atoms with Gasteiger partial charge in [0.1, 0.15) is 6.23 Å². The van der Waals surface area contributed by atoms with Gasteiger partial charge in [-0.2, -0.15) is 5.10 Å². The number of H-pyrrole nitrogens is 1. The van der Waals surface area contributed by atoms with E-state index in [2.05, 4.69) is 78.4 Å².